The molecule has 2 aromatic carbocycles. The number of aromatic hydroxyl groups is 1. The van der Waals surface area contributed by atoms with Crippen molar-refractivity contribution in [3.63, 3.8) is 0 Å². The number of benzene rings is 2. The zero-order valence-electron chi connectivity index (χ0n) is 20.8. The van der Waals surface area contributed by atoms with E-state index in [4.69, 9.17) is 4.74 Å². The van der Waals surface area contributed by atoms with Gasteiger partial charge < -0.3 is 9.84 Å². The third-order valence-corrected chi connectivity index (χ3v) is 5.76. The Labute approximate surface area is 193 Å². The van der Waals surface area contributed by atoms with Crippen LogP contribution in [-0.2, 0) is 23.7 Å². The summed E-state index contributed by atoms with van der Waals surface area (Å²) in [5.41, 5.74) is 2.53. The second kappa shape index (κ2) is 10.2. The van der Waals surface area contributed by atoms with Crippen molar-refractivity contribution in [3.05, 3.63) is 58.7 Å². The van der Waals surface area contributed by atoms with Gasteiger partial charge in [-0.2, -0.15) is 8.78 Å². The fourth-order valence-corrected chi connectivity index (χ4v) is 3.78. The van der Waals surface area contributed by atoms with Crippen LogP contribution in [0.15, 0.2) is 36.4 Å². The number of hydrogen-bond acceptors (Lipinski definition) is 2. The van der Waals surface area contributed by atoms with Crippen LogP contribution in [0.5, 0.6) is 11.5 Å². The molecule has 0 aliphatic heterocycles. The highest BCUT2D eigenvalue weighted by atomic mass is 19.3. The van der Waals surface area contributed by atoms with Crippen molar-refractivity contribution in [1.29, 1.82) is 0 Å². The summed E-state index contributed by atoms with van der Waals surface area (Å²) in [6.45, 7) is 13.9. The number of halogens is 2. The van der Waals surface area contributed by atoms with Gasteiger partial charge in [-0.1, -0.05) is 85.6 Å². The Hall–Kier alpha value is -2.10. The van der Waals surface area contributed by atoms with Crippen LogP contribution in [0.2, 0.25) is 0 Å². The minimum atomic E-state index is -3.30. The summed E-state index contributed by atoms with van der Waals surface area (Å²) in [6.07, 6.45) is 1.10. The van der Waals surface area contributed by atoms with E-state index in [-0.39, 0.29) is 17.9 Å². The Balaban J connectivity index is 2.14. The summed E-state index contributed by atoms with van der Waals surface area (Å²) in [5, 5.41) is 10.8. The van der Waals surface area contributed by atoms with E-state index in [2.05, 4.69) is 6.92 Å². The first-order chi connectivity index (χ1) is 14.7. The van der Waals surface area contributed by atoms with Gasteiger partial charge in [-0.25, -0.2) is 0 Å². The Morgan fingerprint density at radius 3 is 1.69 bits per heavy atom. The van der Waals surface area contributed by atoms with E-state index in [0.29, 0.717) is 11.1 Å². The Morgan fingerprint density at radius 2 is 1.25 bits per heavy atom. The number of phenolic OH excluding ortho intramolecular Hbond substituents is 1. The number of hydrogen-bond donors (Lipinski definition) is 1. The average Bonchev–Trinajstić information content (AvgIpc) is 2.67. The standard InChI is InChI=1S/C28H40F2O2/c1-8-9-10-11-20-12-14-21(15-13-20)16-17-28(29,30)32-22-18-23(26(2,3)4)25(31)24(19-22)27(5,6)7/h12-15,18-19,31H,8-11,16-17H2,1-7H3. The summed E-state index contributed by atoms with van der Waals surface area (Å²) in [7, 11) is 0. The van der Waals surface area contributed by atoms with E-state index in [1.807, 2.05) is 65.8 Å². The van der Waals surface area contributed by atoms with E-state index in [1.165, 1.54) is 18.4 Å². The first kappa shape index (κ1) is 26.2. The molecule has 1 N–H and O–H groups in total. The summed E-state index contributed by atoms with van der Waals surface area (Å²) >= 11 is 0. The maximum absolute atomic E-state index is 14.8. The number of phenols is 1. The lowest BCUT2D eigenvalue weighted by atomic mass is 9.79. The predicted octanol–water partition coefficient (Wildman–Crippen LogP) is 8.32. The topological polar surface area (TPSA) is 29.5 Å². The van der Waals surface area contributed by atoms with Gasteiger partial charge >= 0.3 is 6.11 Å². The number of rotatable bonds is 9. The first-order valence-corrected chi connectivity index (χ1v) is 11.8. The number of ether oxygens (including phenoxy) is 1. The van der Waals surface area contributed by atoms with E-state index in [9.17, 15) is 13.9 Å². The monoisotopic (exact) mass is 446 g/mol. The van der Waals surface area contributed by atoms with Crippen LogP contribution in [0.1, 0.15) is 96.4 Å². The first-order valence-electron chi connectivity index (χ1n) is 11.8. The van der Waals surface area contributed by atoms with E-state index in [0.717, 1.165) is 18.4 Å². The Bertz CT molecular complexity index is 837. The molecular weight excluding hydrogens is 406 g/mol. The van der Waals surface area contributed by atoms with Crippen molar-refractivity contribution < 1.29 is 18.6 Å². The molecule has 2 nitrogen and oxygen atoms in total. The normalized spacial score (nSPS) is 12.8. The van der Waals surface area contributed by atoms with Crippen molar-refractivity contribution in [1.82, 2.24) is 0 Å². The van der Waals surface area contributed by atoms with Crippen LogP contribution in [0, 0.1) is 0 Å². The molecule has 4 heteroatoms. The molecule has 0 spiro atoms. The van der Waals surface area contributed by atoms with Gasteiger partial charge in [0, 0.05) is 11.1 Å². The predicted molar refractivity (Wildman–Crippen MR) is 129 cm³/mol. The molecule has 32 heavy (non-hydrogen) atoms. The van der Waals surface area contributed by atoms with Gasteiger partial charge in [-0.3, -0.25) is 0 Å². The molecule has 0 bridgehead atoms. The molecule has 0 fully saturated rings. The lowest BCUT2D eigenvalue weighted by molar-refractivity contribution is -0.180. The second-order valence-electron chi connectivity index (χ2n) is 10.9. The molecule has 0 heterocycles. The lowest BCUT2D eigenvalue weighted by Crippen LogP contribution is -2.26. The number of unbranched alkanes of at least 4 members (excludes halogenated alkanes) is 2. The molecule has 0 atom stereocenters. The van der Waals surface area contributed by atoms with Crippen molar-refractivity contribution in [2.24, 2.45) is 0 Å². The maximum atomic E-state index is 14.8. The zero-order chi connectivity index (χ0) is 24.2. The maximum Gasteiger partial charge on any atom is 0.398 e. The highest BCUT2D eigenvalue weighted by Crippen LogP contribution is 2.42. The number of aryl methyl sites for hydroxylation is 2. The van der Waals surface area contributed by atoms with Gasteiger partial charge in [0.15, 0.2) is 0 Å². The minimum absolute atomic E-state index is 0.0916. The highest BCUT2D eigenvalue weighted by molar-refractivity contribution is 5.52. The second-order valence-corrected chi connectivity index (χ2v) is 10.9. The molecule has 0 amide bonds. The average molecular weight is 447 g/mol. The fourth-order valence-electron chi connectivity index (χ4n) is 3.78. The van der Waals surface area contributed by atoms with E-state index < -0.39 is 23.4 Å². The van der Waals surface area contributed by atoms with Crippen LogP contribution in [0.25, 0.3) is 0 Å². The summed E-state index contributed by atoms with van der Waals surface area (Å²) < 4.78 is 34.7. The zero-order valence-corrected chi connectivity index (χ0v) is 20.8. The summed E-state index contributed by atoms with van der Waals surface area (Å²) in [6, 6.07) is 11.0. The molecule has 0 aromatic heterocycles. The van der Waals surface area contributed by atoms with Gasteiger partial charge in [-0.15, -0.1) is 0 Å². The molecule has 0 aliphatic carbocycles. The molecule has 0 saturated carbocycles. The van der Waals surface area contributed by atoms with Gasteiger partial charge in [-0.05, 0) is 53.4 Å². The van der Waals surface area contributed by atoms with Crippen LogP contribution < -0.4 is 4.74 Å². The van der Waals surface area contributed by atoms with Crippen LogP contribution in [0.3, 0.4) is 0 Å². The Kier molecular flexibility index (Phi) is 8.36. The van der Waals surface area contributed by atoms with Gasteiger partial charge in [0.05, 0.1) is 6.42 Å². The number of alkyl halides is 2. The van der Waals surface area contributed by atoms with Crippen LogP contribution >= 0.6 is 0 Å². The van der Waals surface area contributed by atoms with Gasteiger partial charge in [0.1, 0.15) is 11.5 Å². The molecule has 0 aliphatic rings. The molecule has 0 saturated heterocycles. The molecule has 0 radical (unpaired) electrons. The van der Waals surface area contributed by atoms with Crippen LogP contribution in [0.4, 0.5) is 8.78 Å². The third kappa shape index (κ3) is 7.50. The Morgan fingerprint density at radius 1 is 0.781 bits per heavy atom. The molecule has 2 rings (SSSR count). The summed E-state index contributed by atoms with van der Waals surface area (Å²) in [4.78, 5) is 0. The van der Waals surface area contributed by atoms with Crippen molar-refractivity contribution in [2.45, 2.75) is 104 Å². The minimum Gasteiger partial charge on any atom is -0.507 e. The van der Waals surface area contributed by atoms with Crippen molar-refractivity contribution >= 4 is 0 Å². The third-order valence-electron chi connectivity index (χ3n) is 5.76. The van der Waals surface area contributed by atoms with Crippen molar-refractivity contribution in [2.75, 3.05) is 0 Å². The van der Waals surface area contributed by atoms with Gasteiger partial charge in [0.25, 0.3) is 0 Å². The SMILES string of the molecule is CCCCCc1ccc(CCC(F)(F)Oc2cc(C(C)(C)C)c(O)c(C(C)(C)C)c2)cc1. The molecule has 0 unspecified atom stereocenters. The highest BCUT2D eigenvalue weighted by Gasteiger charge is 2.33. The van der Waals surface area contributed by atoms with Crippen LogP contribution in [-0.4, -0.2) is 11.2 Å². The van der Waals surface area contributed by atoms with Gasteiger partial charge in [0.2, 0.25) is 0 Å². The summed E-state index contributed by atoms with van der Waals surface area (Å²) in [5.74, 6) is 0.244. The molecule has 2 aromatic rings. The van der Waals surface area contributed by atoms with E-state index >= 15 is 0 Å². The quantitative estimate of drug-likeness (QED) is 0.392. The molecule has 178 valence electrons. The van der Waals surface area contributed by atoms with Crippen molar-refractivity contribution in [3.8, 4) is 11.5 Å². The fraction of sp³-hybridized carbons (Fsp3) is 0.571. The smallest absolute Gasteiger partial charge is 0.398 e. The van der Waals surface area contributed by atoms with E-state index in [1.54, 1.807) is 12.1 Å². The largest absolute Gasteiger partial charge is 0.507 e. The molecular formula is C28H40F2O2. The lowest BCUT2D eigenvalue weighted by Gasteiger charge is -2.29.